The molecule has 4 rings (SSSR count). The Labute approximate surface area is 142 Å². The Hall–Kier alpha value is -2.87. The number of anilines is 1. The van der Waals surface area contributed by atoms with Gasteiger partial charge in [0, 0.05) is 18.3 Å². The number of likely N-dealkylation sites (N-methyl/N-ethyl adjacent to an activating group) is 1. The summed E-state index contributed by atoms with van der Waals surface area (Å²) < 4.78 is 0. The summed E-state index contributed by atoms with van der Waals surface area (Å²) in [5, 5.41) is 0. The largest absolute Gasteiger partial charge is 0.366 e. The van der Waals surface area contributed by atoms with Crippen molar-refractivity contribution in [3.63, 3.8) is 0 Å². The molecule has 3 aromatic rings. The summed E-state index contributed by atoms with van der Waals surface area (Å²) >= 11 is 0. The highest BCUT2D eigenvalue weighted by Gasteiger charge is 2.41. The van der Waals surface area contributed by atoms with E-state index in [9.17, 15) is 4.79 Å². The Morgan fingerprint density at radius 3 is 2.08 bits per heavy atom. The average Bonchev–Trinajstić information content (AvgIpc) is 2.95. The Kier molecular flexibility index (Phi) is 3.66. The number of benzene rings is 3. The quantitative estimate of drug-likeness (QED) is 0.645. The monoisotopic (exact) mass is 313 g/mol. The summed E-state index contributed by atoms with van der Waals surface area (Å²) in [4.78, 5) is 15.5. The maximum absolute atomic E-state index is 13.3. The van der Waals surface area contributed by atoms with E-state index in [0.717, 1.165) is 16.8 Å². The van der Waals surface area contributed by atoms with Gasteiger partial charge in [-0.15, -0.1) is 0 Å². The van der Waals surface area contributed by atoms with E-state index < -0.39 is 0 Å². The molecule has 0 saturated heterocycles. The first-order valence-electron chi connectivity index (χ1n) is 8.23. The van der Waals surface area contributed by atoms with E-state index in [-0.39, 0.29) is 17.7 Å². The molecule has 1 aliphatic heterocycles. The highest BCUT2D eigenvalue weighted by atomic mass is 16.1. The Morgan fingerprint density at radius 1 is 0.792 bits per heavy atom. The fourth-order valence-electron chi connectivity index (χ4n) is 3.75. The van der Waals surface area contributed by atoms with Crippen molar-refractivity contribution in [2.24, 2.45) is 0 Å². The minimum absolute atomic E-state index is 0.0244. The van der Waals surface area contributed by atoms with Crippen LogP contribution in [0, 0.1) is 0 Å². The van der Waals surface area contributed by atoms with Crippen LogP contribution in [0.5, 0.6) is 0 Å². The number of carbonyl (C=O) groups excluding carboxylic acids is 1. The third-order valence-electron chi connectivity index (χ3n) is 4.87. The number of carbonyl (C=O) groups is 1. The average molecular weight is 313 g/mol. The van der Waals surface area contributed by atoms with E-state index in [1.54, 1.807) is 0 Å². The zero-order valence-electron chi connectivity index (χ0n) is 13.6. The van der Waals surface area contributed by atoms with Crippen molar-refractivity contribution < 1.29 is 4.79 Å². The fourth-order valence-corrected chi connectivity index (χ4v) is 3.75. The van der Waals surface area contributed by atoms with Gasteiger partial charge in [0.05, 0.1) is 12.0 Å². The van der Waals surface area contributed by atoms with Gasteiger partial charge < -0.3 is 4.90 Å². The van der Waals surface area contributed by atoms with Crippen molar-refractivity contribution in [1.82, 2.24) is 0 Å². The molecule has 1 aliphatic rings. The molecule has 0 aromatic heterocycles. The maximum atomic E-state index is 13.3. The first-order valence-corrected chi connectivity index (χ1v) is 8.23. The number of fused-ring (bicyclic) bond motifs is 1. The maximum Gasteiger partial charge on any atom is 0.172 e. The van der Waals surface area contributed by atoms with Crippen molar-refractivity contribution in [2.75, 3.05) is 11.9 Å². The minimum atomic E-state index is -0.184. The third kappa shape index (κ3) is 2.31. The number of Topliss-reactive ketones (excluding diaryl/α,β-unsaturated/α-hetero) is 1. The summed E-state index contributed by atoms with van der Waals surface area (Å²) in [6.07, 6.45) is 0. The van der Waals surface area contributed by atoms with Crippen molar-refractivity contribution in [1.29, 1.82) is 0 Å². The first-order chi connectivity index (χ1) is 11.8. The van der Waals surface area contributed by atoms with E-state index in [0.29, 0.717) is 0 Å². The van der Waals surface area contributed by atoms with Gasteiger partial charge in [-0.05, 0) is 17.2 Å². The fraction of sp³-hybridized carbons (Fsp3) is 0.136. The van der Waals surface area contributed by atoms with Crippen LogP contribution >= 0.6 is 0 Å². The van der Waals surface area contributed by atoms with Crippen molar-refractivity contribution in [3.05, 3.63) is 102 Å². The zero-order valence-corrected chi connectivity index (χ0v) is 13.6. The van der Waals surface area contributed by atoms with Crippen LogP contribution in [0.2, 0.25) is 0 Å². The topological polar surface area (TPSA) is 20.3 Å². The number of hydrogen-bond donors (Lipinski definition) is 0. The van der Waals surface area contributed by atoms with Crippen molar-refractivity contribution in [3.8, 4) is 0 Å². The van der Waals surface area contributed by atoms with Crippen LogP contribution < -0.4 is 4.90 Å². The lowest BCUT2D eigenvalue weighted by atomic mass is 9.84. The van der Waals surface area contributed by atoms with Gasteiger partial charge >= 0.3 is 0 Å². The molecule has 118 valence electrons. The van der Waals surface area contributed by atoms with Gasteiger partial charge in [-0.25, -0.2) is 0 Å². The van der Waals surface area contributed by atoms with Crippen molar-refractivity contribution in [2.45, 2.75) is 12.0 Å². The summed E-state index contributed by atoms with van der Waals surface area (Å²) in [6.45, 7) is 0. The summed E-state index contributed by atoms with van der Waals surface area (Å²) in [7, 11) is 2.08. The smallest absolute Gasteiger partial charge is 0.172 e. The lowest BCUT2D eigenvalue weighted by molar-refractivity contribution is 0.0951. The second-order valence-electron chi connectivity index (χ2n) is 6.23. The molecule has 2 heteroatoms. The molecule has 0 amide bonds. The minimum Gasteiger partial charge on any atom is -0.366 e. The van der Waals surface area contributed by atoms with Gasteiger partial charge in [-0.1, -0.05) is 78.9 Å². The molecule has 1 heterocycles. The van der Waals surface area contributed by atoms with E-state index in [1.165, 1.54) is 5.56 Å². The van der Waals surface area contributed by atoms with Gasteiger partial charge in [0.1, 0.15) is 0 Å². The molecule has 0 radical (unpaired) electrons. The van der Waals surface area contributed by atoms with Crippen LogP contribution in [0.15, 0.2) is 84.9 Å². The van der Waals surface area contributed by atoms with Crippen LogP contribution in [-0.2, 0) is 0 Å². The molecule has 0 N–H and O–H groups in total. The zero-order chi connectivity index (χ0) is 16.5. The molecule has 0 aliphatic carbocycles. The highest BCUT2D eigenvalue weighted by Crippen LogP contribution is 2.49. The third-order valence-corrected chi connectivity index (χ3v) is 4.87. The molecule has 3 aromatic carbocycles. The summed E-state index contributed by atoms with van der Waals surface area (Å²) in [6, 6.07) is 28.2. The van der Waals surface area contributed by atoms with Gasteiger partial charge in [0.2, 0.25) is 0 Å². The van der Waals surface area contributed by atoms with Crippen LogP contribution in [0.3, 0.4) is 0 Å². The molecular weight excluding hydrogens is 294 g/mol. The van der Waals surface area contributed by atoms with Gasteiger partial charge in [-0.3, -0.25) is 4.79 Å². The van der Waals surface area contributed by atoms with E-state index >= 15 is 0 Å². The van der Waals surface area contributed by atoms with Gasteiger partial charge in [0.25, 0.3) is 0 Å². The lowest BCUT2D eigenvalue weighted by Gasteiger charge is -2.27. The molecule has 0 unspecified atom stereocenters. The molecule has 0 bridgehead atoms. The Morgan fingerprint density at radius 2 is 1.38 bits per heavy atom. The lowest BCUT2D eigenvalue weighted by Crippen LogP contribution is -2.26. The number of rotatable bonds is 3. The number of hydrogen-bond acceptors (Lipinski definition) is 2. The number of nitrogens with zero attached hydrogens (tertiary/aromatic N) is 1. The van der Waals surface area contributed by atoms with E-state index in [4.69, 9.17) is 0 Å². The second kappa shape index (κ2) is 5.97. The molecule has 2 atom stereocenters. The van der Waals surface area contributed by atoms with Gasteiger partial charge in [0.15, 0.2) is 5.78 Å². The predicted molar refractivity (Wildman–Crippen MR) is 97.5 cm³/mol. The van der Waals surface area contributed by atoms with Crippen LogP contribution in [-0.4, -0.2) is 12.8 Å². The van der Waals surface area contributed by atoms with Gasteiger partial charge in [-0.2, -0.15) is 0 Å². The van der Waals surface area contributed by atoms with E-state index in [2.05, 4.69) is 36.2 Å². The predicted octanol–water partition coefficient (Wildman–Crippen LogP) is 4.84. The molecule has 24 heavy (non-hydrogen) atoms. The normalized spacial score (nSPS) is 19.1. The molecule has 0 saturated carbocycles. The van der Waals surface area contributed by atoms with Crippen LogP contribution in [0.1, 0.15) is 33.4 Å². The van der Waals surface area contributed by atoms with Crippen molar-refractivity contribution >= 4 is 11.5 Å². The SMILES string of the molecule is CN1c2ccccc2[C@@H](C(=O)c2ccccc2)[C@@H]1c1ccccc1. The van der Waals surface area contributed by atoms with E-state index in [1.807, 2.05) is 60.7 Å². The first kappa shape index (κ1) is 14.7. The number of ketones is 1. The number of para-hydroxylation sites is 1. The Bertz CT molecular complexity index is 857. The molecule has 0 fully saturated rings. The Balaban J connectivity index is 1.85. The standard InChI is InChI=1S/C22H19NO/c1-23-19-15-9-8-14-18(19)20(21(23)16-10-4-2-5-11-16)22(24)17-12-6-3-7-13-17/h2-15,20-21H,1H3/t20-,21+/m1/s1. The molecule has 2 nitrogen and oxygen atoms in total. The summed E-state index contributed by atoms with van der Waals surface area (Å²) in [5.74, 6) is -0.00254. The highest BCUT2D eigenvalue weighted by molar-refractivity contribution is 6.03. The van der Waals surface area contributed by atoms with Crippen LogP contribution in [0.4, 0.5) is 5.69 Å². The molecular formula is C22H19NO. The molecule has 0 spiro atoms. The van der Waals surface area contributed by atoms with Crippen LogP contribution in [0.25, 0.3) is 0 Å². The summed E-state index contributed by atoms with van der Waals surface area (Å²) in [5.41, 5.74) is 4.20. The second-order valence-corrected chi connectivity index (χ2v) is 6.23.